The van der Waals surface area contributed by atoms with Crippen molar-refractivity contribution < 1.29 is 0 Å². The Balaban J connectivity index is 2.63. The van der Waals surface area contributed by atoms with Crippen molar-refractivity contribution in [1.82, 2.24) is 19.6 Å². The van der Waals surface area contributed by atoms with E-state index in [2.05, 4.69) is 10.2 Å². The zero-order valence-electron chi connectivity index (χ0n) is 7.69. The van der Waals surface area contributed by atoms with Crippen molar-refractivity contribution >= 4 is 23.2 Å². The number of nitrogens with zero attached hydrogens (tertiary/aromatic N) is 4. The number of hydrogen-bond donors (Lipinski definition) is 0. The molecular formula is C8H6Cl2N4O. The maximum Gasteiger partial charge on any atom is 0.221 e. The van der Waals surface area contributed by atoms with E-state index in [1.165, 1.54) is 21.6 Å². The summed E-state index contributed by atoms with van der Waals surface area (Å²) < 4.78 is 2.90. The summed E-state index contributed by atoms with van der Waals surface area (Å²) in [4.78, 5) is 11.3. The van der Waals surface area contributed by atoms with Gasteiger partial charge in [0.2, 0.25) is 5.43 Å². The molecule has 0 spiro atoms. The van der Waals surface area contributed by atoms with Crippen LogP contribution in [0.5, 0.6) is 0 Å². The van der Waals surface area contributed by atoms with Crippen LogP contribution in [0.4, 0.5) is 0 Å². The van der Waals surface area contributed by atoms with Crippen LogP contribution in [-0.4, -0.2) is 19.6 Å². The second kappa shape index (κ2) is 3.67. The summed E-state index contributed by atoms with van der Waals surface area (Å²) in [5, 5.41) is 8.20. The van der Waals surface area contributed by atoms with Crippen molar-refractivity contribution in [2.45, 2.75) is 0 Å². The SMILES string of the molecule is Cn1nc(Cl)c(=O)cc1-n1cc(Cl)cn1. The van der Waals surface area contributed by atoms with Gasteiger partial charge in [0.25, 0.3) is 0 Å². The normalized spacial score (nSPS) is 10.6. The van der Waals surface area contributed by atoms with E-state index in [1.807, 2.05) is 0 Å². The molecule has 0 bridgehead atoms. The van der Waals surface area contributed by atoms with Crippen LogP contribution in [0.1, 0.15) is 0 Å². The Kier molecular flexibility index (Phi) is 2.50. The van der Waals surface area contributed by atoms with Crippen molar-refractivity contribution in [3.8, 4) is 5.82 Å². The largest absolute Gasteiger partial charge is 0.286 e. The predicted molar refractivity (Wildman–Crippen MR) is 56.6 cm³/mol. The van der Waals surface area contributed by atoms with E-state index >= 15 is 0 Å². The number of aryl methyl sites for hydroxylation is 1. The van der Waals surface area contributed by atoms with E-state index in [1.54, 1.807) is 13.2 Å². The Labute approximate surface area is 94.8 Å². The van der Waals surface area contributed by atoms with Crippen LogP contribution >= 0.6 is 23.2 Å². The molecular weight excluding hydrogens is 239 g/mol. The Morgan fingerprint density at radius 2 is 2.13 bits per heavy atom. The van der Waals surface area contributed by atoms with Crippen molar-refractivity contribution in [2.24, 2.45) is 7.05 Å². The zero-order chi connectivity index (χ0) is 11.0. The smallest absolute Gasteiger partial charge is 0.221 e. The molecule has 0 saturated carbocycles. The first-order valence-corrected chi connectivity index (χ1v) is 4.78. The zero-order valence-corrected chi connectivity index (χ0v) is 9.20. The summed E-state index contributed by atoms with van der Waals surface area (Å²) in [5.41, 5.74) is -0.351. The fraction of sp³-hybridized carbons (Fsp3) is 0.125. The third-order valence-electron chi connectivity index (χ3n) is 1.82. The molecule has 0 amide bonds. The number of hydrogen-bond acceptors (Lipinski definition) is 3. The van der Waals surface area contributed by atoms with Crippen molar-refractivity contribution in [2.75, 3.05) is 0 Å². The molecule has 0 unspecified atom stereocenters. The molecule has 0 atom stereocenters. The quantitative estimate of drug-likeness (QED) is 0.760. The van der Waals surface area contributed by atoms with Gasteiger partial charge in [-0.1, -0.05) is 23.2 Å². The second-order valence-electron chi connectivity index (χ2n) is 2.88. The van der Waals surface area contributed by atoms with E-state index in [4.69, 9.17) is 23.2 Å². The third kappa shape index (κ3) is 1.88. The molecule has 2 aromatic heterocycles. The molecule has 0 aliphatic heterocycles. The number of aromatic nitrogens is 4. The first kappa shape index (κ1) is 10.2. The molecule has 7 heteroatoms. The topological polar surface area (TPSA) is 52.7 Å². The van der Waals surface area contributed by atoms with Gasteiger partial charge in [0.05, 0.1) is 17.4 Å². The molecule has 0 fully saturated rings. The molecule has 0 aliphatic carbocycles. The fourth-order valence-electron chi connectivity index (χ4n) is 1.14. The molecule has 2 rings (SSSR count). The lowest BCUT2D eigenvalue weighted by molar-refractivity contribution is 0.669. The van der Waals surface area contributed by atoms with E-state index in [9.17, 15) is 4.79 Å². The van der Waals surface area contributed by atoms with Gasteiger partial charge < -0.3 is 0 Å². The van der Waals surface area contributed by atoms with Crippen LogP contribution in [0.25, 0.3) is 5.82 Å². The van der Waals surface area contributed by atoms with Gasteiger partial charge in [-0.05, 0) is 0 Å². The second-order valence-corrected chi connectivity index (χ2v) is 3.68. The molecule has 2 heterocycles. The summed E-state index contributed by atoms with van der Waals surface area (Å²) in [6.45, 7) is 0. The molecule has 0 aromatic carbocycles. The minimum absolute atomic E-state index is 0.0699. The van der Waals surface area contributed by atoms with Crippen LogP contribution in [0.3, 0.4) is 0 Å². The monoisotopic (exact) mass is 244 g/mol. The lowest BCUT2D eigenvalue weighted by Crippen LogP contribution is -2.16. The van der Waals surface area contributed by atoms with E-state index in [-0.39, 0.29) is 10.6 Å². The summed E-state index contributed by atoms with van der Waals surface area (Å²) in [5.74, 6) is 0.497. The molecule has 0 radical (unpaired) electrons. The van der Waals surface area contributed by atoms with Gasteiger partial charge in [0.1, 0.15) is 0 Å². The summed E-state index contributed by atoms with van der Waals surface area (Å²) >= 11 is 11.3. The van der Waals surface area contributed by atoms with Crippen LogP contribution < -0.4 is 5.43 Å². The van der Waals surface area contributed by atoms with Gasteiger partial charge in [-0.2, -0.15) is 10.2 Å². The van der Waals surface area contributed by atoms with E-state index in [0.717, 1.165) is 0 Å². The summed E-state index contributed by atoms with van der Waals surface area (Å²) in [6.07, 6.45) is 3.05. The van der Waals surface area contributed by atoms with Gasteiger partial charge in [-0.25, -0.2) is 9.36 Å². The predicted octanol–water partition coefficient (Wildman–Crippen LogP) is 1.27. The van der Waals surface area contributed by atoms with Crippen LogP contribution in [0.15, 0.2) is 23.3 Å². The molecule has 0 saturated heterocycles. The highest BCUT2D eigenvalue weighted by molar-refractivity contribution is 6.30. The Bertz CT molecular complexity index is 560. The van der Waals surface area contributed by atoms with Crippen LogP contribution in [-0.2, 0) is 7.05 Å². The minimum atomic E-state index is -0.351. The third-order valence-corrected chi connectivity index (χ3v) is 2.28. The average Bonchev–Trinajstić information content (AvgIpc) is 2.58. The highest BCUT2D eigenvalue weighted by Crippen LogP contribution is 2.10. The Morgan fingerprint density at radius 1 is 1.40 bits per heavy atom. The van der Waals surface area contributed by atoms with Gasteiger partial charge in [0.15, 0.2) is 11.0 Å². The molecule has 5 nitrogen and oxygen atoms in total. The van der Waals surface area contributed by atoms with E-state index in [0.29, 0.717) is 10.8 Å². The lowest BCUT2D eigenvalue weighted by Gasteiger charge is -2.06. The van der Waals surface area contributed by atoms with Gasteiger partial charge in [0, 0.05) is 13.1 Å². The molecule has 0 N–H and O–H groups in total. The Hall–Kier alpha value is -1.33. The standard InChI is InChI=1S/C8H6Cl2N4O/c1-13-7(2-6(15)8(10)12-13)14-4-5(9)3-11-14/h2-4H,1H3. The highest BCUT2D eigenvalue weighted by atomic mass is 35.5. The molecule has 78 valence electrons. The maximum absolute atomic E-state index is 11.3. The van der Waals surface area contributed by atoms with Crippen LogP contribution in [0, 0.1) is 0 Å². The first-order valence-electron chi connectivity index (χ1n) is 4.02. The summed E-state index contributed by atoms with van der Waals surface area (Å²) in [7, 11) is 1.66. The number of rotatable bonds is 1. The van der Waals surface area contributed by atoms with E-state index < -0.39 is 0 Å². The Morgan fingerprint density at radius 3 is 2.73 bits per heavy atom. The molecule has 2 aromatic rings. The van der Waals surface area contributed by atoms with Crippen molar-refractivity contribution in [1.29, 1.82) is 0 Å². The van der Waals surface area contributed by atoms with Crippen molar-refractivity contribution in [3.05, 3.63) is 38.9 Å². The molecule has 0 aliphatic rings. The first-order chi connectivity index (χ1) is 7.08. The van der Waals surface area contributed by atoms with Gasteiger partial charge >= 0.3 is 0 Å². The summed E-state index contributed by atoms with van der Waals surface area (Å²) in [6, 6.07) is 1.35. The molecule has 15 heavy (non-hydrogen) atoms. The van der Waals surface area contributed by atoms with Gasteiger partial charge in [-0.15, -0.1) is 0 Å². The van der Waals surface area contributed by atoms with Crippen LogP contribution in [0.2, 0.25) is 10.2 Å². The highest BCUT2D eigenvalue weighted by Gasteiger charge is 2.06. The number of halogens is 2. The van der Waals surface area contributed by atoms with Gasteiger partial charge in [-0.3, -0.25) is 4.79 Å². The maximum atomic E-state index is 11.3. The minimum Gasteiger partial charge on any atom is -0.286 e. The fourth-order valence-corrected chi connectivity index (χ4v) is 1.45. The lowest BCUT2D eigenvalue weighted by atomic mass is 10.5. The average molecular weight is 245 g/mol. The van der Waals surface area contributed by atoms with Crippen molar-refractivity contribution in [3.63, 3.8) is 0 Å².